The van der Waals surface area contributed by atoms with E-state index in [9.17, 15) is 19.5 Å². The number of carboxylic acid groups (broad SMARTS) is 1. The highest BCUT2D eigenvalue weighted by molar-refractivity contribution is 5.90. The minimum Gasteiger partial charge on any atom is -0.480 e. The van der Waals surface area contributed by atoms with Crippen LogP contribution in [0.1, 0.15) is 78.6 Å². The Bertz CT molecular complexity index is 427. The normalized spacial score (nSPS) is 13.3. The number of carbonyl (C=O) groups is 3. The van der Waals surface area contributed by atoms with Crippen LogP contribution >= 0.6 is 0 Å². The zero-order valence-electron chi connectivity index (χ0n) is 16.6. The van der Waals surface area contributed by atoms with Crippen LogP contribution in [0.4, 0.5) is 0 Å². The predicted molar refractivity (Wildman–Crippen MR) is 103 cm³/mol. The summed E-state index contributed by atoms with van der Waals surface area (Å²) >= 11 is 0. The van der Waals surface area contributed by atoms with Crippen molar-refractivity contribution in [3.63, 3.8) is 0 Å². The summed E-state index contributed by atoms with van der Waals surface area (Å²) in [6.07, 6.45) is 7.51. The van der Waals surface area contributed by atoms with Crippen molar-refractivity contribution in [3.05, 3.63) is 0 Å². The van der Waals surface area contributed by atoms with Crippen molar-refractivity contribution in [3.8, 4) is 0 Å². The van der Waals surface area contributed by atoms with E-state index >= 15 is 0 Å². The number of amides is 2. The van der Waals surface area contributed by atoms with Crippen LogP contribution in [-0.2, 0) is 14.4 Å². The van der Waals surface area contributed by atoms with Crippen molar-refractivity contribution in [1.29, 1.82) is 0 Å². The molecule has 0 aromatic carbocycles. The fourth-order valence-corrected chi connectivity index (χ4v) is 2.68. The van der Waals surface area contributed by atoms with Crippen LogP contribution in [0.5, 0.6) is 0 Å². The number of nitrogens with one attached hydrogen (secondary N) is 2. The van der Waals surface area contributed by atoms with E-state index in [1.807, 2.05) is 0 Å². The molecule has 0 heterocycles. The fraction of sp³-hybridized carbons (Fsp3) is 0.842. The predicted octanol–water partition coefficient (Wildman–Crippen LogP) is 2.19. The van der Waals surface area contributed by atoms with Gasteiger partial charge in [0.15, 0.2) is 0 Å². The third-order valence-electron chi connectivity index (χ3n) is 4.34. The molecule has 0 spiro atoms. The van der Waals surface area contributed by atoms with Crippen LogP contribution in [0, 0.1) is 5.92 Å². The summed E-state index contributed by atoms with van der Waals surface area (Å²) < 4.78 is 0. The number of hydrogen-bond donors (Lipinski definition) is 4. The third-order valence-corrected chi connectivity index (χ3v) is 4.34. The smallest absolute Gasteiger partial charge is 0.326 e. The average Bonchev–Trinajstić information content (AvgIpc) is 2.57. The molecule has 0 aliphatic rings. The van der Waals surface area contributed by atoms with Gasteiger partial charge < -0.3 is 21.5 Å². The zero-order chi connectivity index (χ0) is 19.9. The number of nitrogens with two attached hydrogens (primary N) is 1. The lowest BCUT2D eigenvalue weighted by Crippen LogP contribution is -2.53. The molecular weight excluding hydrogens is 334 g/mol. The summed E-state index contributed by atoms with van der Waals surface area (Å²) in [6, 6.07) is -1.68. The lowest BCUT2D eigenvalue weighted by molar-refractivity contribution is -0.143. The molecule has 2 amide bonds. The number of carbonyl (C=O) groups excluding carboxylic acids is 2. The van der Waals surface area contributed by atoms with Crippen molar-refractivity contribution >= 4 is 17.8 Å². The van der Waals surface area contributed by atoms with Crippen LogP contribution < -0.4 is 16.4 Å². The molecule has 7 nitrogen and oxygen atoms in total. The minimum absolute atomic E-state index is 0.161. The average molecular weight is 372 g/mol. The topological polar surface area (TPSA) is 122 Å². The molecule has 0 unspecified atom stereocenters. The molecule has 152 valence electrons. The second-order valence-electron chi connectivity index (χ2n) is 7.14. The van der Waals surface area contributed by atoms with Crippen molar-refractivity contribution < 1.29 is 19.5 Å². The summed E-state index contributed by atoms with van der Waals surface area (Å²) in [4.78, 5) is 35.9. The maximum atomic E-state index is 12.5. The van der Waals surface area contributed by atoms with E-state index in [0.717, 1.165) is 38.5 Å². The van der Waals surface area contributed by atoms with Gasteiger partial charge in [-0.3, -0.25) is 9.59 Å². The minimum atomic E-state index is -1.07. The van der Waals surface area contributed by atoms with E-state index in [1.54, 1.807) is 13.8 Å². The first-order valence-electron chi connectivity index (χ1n) is 9.86. The Morgan fingerprint density at radius 2 is 1.62 bits per heavy atom. The summed E-state index contributed by atoms with van der Waals surface area (Å²) in [6.45, 7) is 6.12. The summed E-state index contributed by atoms with van der Waals surface area (Å²) in [7, 11) is 0. The van der Waals surface area contributed by atoms with Crippen LogP contribution in [0.3, 0.4) is 0 Å². The van der Waals surface area contributed by atoms with Crippen molar-refractivity contribution in [2.75, 3.05) is 6.54 Å². The number of carboxylic acids is 1. The van der Waals surface area contributed by atoms with Gasteiger partial charge >= 0.3 is 5.97 Å². The van der Waals surface area contributed by atoms with Gasteiger partial charge in [-0.05, 0) is 38.1 Å². The summed E-state index contributed by atoms with van der Waals surface area (Å²) in [5, 5.41) is 14.6. The van der Waals surface area contributed by atoms with Gasteiger partial charge in [-0.2, -0.15) is 0 Å². The highest BCUT2D eigenvalue weighted by Gasteiger charge is 2.28. The first kappa shape index (κ1) is 24.4. The van der Waals surface area contributed by atoms with Crippen LogP contribution in [0.25, 0.3) is 0 Å². The molecule has 0 radical (unpaired) electrons. The monoisotopic (exact) mass is 371 g/mol. The molecule has 0 aliphatic heterocycles. The zero-order valence-corrected chi connectivity index (χ0v) is 16.6. The van der Waals surface area contributed by atoms with Gasteiger partial charge in [-0.15, -0.1) is 0 Å². The second-order valence-corrected chi connectivity index (χ2v) is 7.14. The lowest BCUT2D eigenvalue weighted by Gasteiger charge is -2.23. The van der Waals surface area contributed by atoms with Crippen molar-refractivity contribution in [2.45, 2.75) is 90.6 Å². The van der Waals surface area contributed by atoms with Crippen LogP contribution in [-0.4, -0.2) is 41.5 Å². The Hall–Kier alpha value is -1.63. The van der Waals surface area contributed by atoms with E-state index in [4.69, 9.17) is 5.73 Å². The lowest BCUT2D eigenvalue weighted by atomic mass is 10.0. The molecule has 0 aliphatic carbocycles. The van der Waals surface area contributed by atoms with Gasteiger partial charge in [0.2, 0.25) is 11.8 Å². The Morgan fingerprint density at radius 1 is 0.962 bits per heavy atom. The molecule has 26 heavy (non-hydrogen) atoms. The van der Waals surface area contributed by atoms with Crippen LogP contribution in [0.2, 0.25) is 0 Å². The van der Waals surface area contributed by atoms with Gasteiger partial charge in [-0.1, -0.05) is 46.5 Å². The first-order chi connectivity index (χ1) is 12.3. The van der Waals surface area contributed by atoms with E-state index in [1.165, 1.54) is 0 Å². The molecule has 2 atom stereocenters. The Labute approximate surface area is 157 Å². The molecule has 0 aromatic rings. The van der Waals surface area contributed by atoms with E-state index in [0.29, 0.717) is 25.8 Å². The second kappa shape index (κ2) is 14.5. The maximum Gasteiger partial charge on any atom is 0.326 e. The van der Waals surface area contributed by atoms with E-state index in [2.05, 4.69) is 17.6 Å². The first-order valence-corrected chi connectivity index (χ1v) is 9.86. The fourth-order valence-electron chi connectivity index (χ4n) is 2.68. The number of unbranched alkanes of at least 4 members (excludes halogenated alkanes) is 5. The maximum absolute atomic E-state index is 12.5. The summed E-state index contributed by atoms with van der Waals surface area (Å²) in [5.74, 6) is -1.92. The number of aliphatic carboxylic acids is 1. The molecule has 7 heteroatoms. The Balaban J connectivity index is 4.64. The van der Waals surface area contributed by atoms with Gasteiger partial charge in [0.25, 0.3) is 0 Å². The van der Waals surface area contributed by atoms with Gasteiger partial charge in [-0.25, -0.2) is 4.79 Å². The van der Waals surface area contributed by atoms with Gasteiger partial charge in [0.05, 0.1) is 0 Å². The summed E-state index contributed by atoms with van der Waals surface area (Å²) in [5.41, 5.74) is 5.49. The molecule has 0 saturated carbocycles. The quantitative estimate of drug-likeness (QED) is 0.329. The Morgan fingerprint density at radius 3 is 2.15 bits per heavy atom. The largest absolute Gasteiger partial charge is 0.480 e. The Kier molecular flexibility index (Phi) is 13.6. The van der Waals surface area contributed by atoms with Crippen molar-refractivity contribution in [2.24, 2.45) is 11.7 Å². The highest BCUT2D eigenvalue weighted by atomic mass is 16.4. The van der Waals surface area contributed by atoms with Gasteiger partial charge in [0, 0.05) is 6.42 Å². The number of rotatable bonds is 15. The van der Waals surface area contributed by atoms with Crippen LogP contribution in [0.15, 0.2) is 0 Å². The van der Waals surface area contributed by atoms with Crippen molar-refractivity contribution in [1.82, 2.24) is 10.6 Å². The molecule has 0 fully saturated rings. The molecular formula is C19H37N3O4. The SMILES string of the molecule is CCCCCCCC(=O)N[C@H](CCCCN)C(=O)N[C@@H](C(=O)O)C(C)C. The van der Waals surface area contributed by atoms with E-state index in [-0.39, 0.29) is 11.8 Å². The molecule has 0 bridgehead atoms. The highest BCUT2D eigenvalue weighted by Crippen LogP contribution is 2.08. The molecule has 5 N–H and O–H groups in total. The number of hydrogen-bond acceptors (Lipinski definition) is 4. The molecule has 0 saturated heterocycles. The standard InChI is InChI=1S/C19H37N3O4/c1-4-5-6-7-8-12-16(23)21-15(11-9-10-13-20)18(24)22-17(14(2)3)19(25)26/h14-15,17H,4-13,20H2,1-3H3,(H,21,23)(H,22,24)(H,25,26)/t15-,17-/m1/s1. The third kappa shape index (κ3) is 11.1. The van der Waals surface area contributed by atoms with E-state index < -0.39 is 24.0 Å². The van der Waals surface area contributed by atoms with Gasteiger partial charge in [0.1, 0.15) is 12.1 Å². The molecule has 0 aromatic heterocycles. The molecule has 0 rings (SSSR count).